The molecule has 0 radical (unpaired) electrons. The number of hydrazone groups is 1. The molecule has 3 aliphatic rings. The molecule has 5 rings (SSSR count). The smallest absolute Gasteiger partial charge is 0.200 e. The molecule has 3 aliphatic heterocycles. The Morgan fingerprint density at radius 2 is 1.69 bits per heavy atom. The third-order valence-electron chi connectivity index (χ3n) is 6.85. The van der Waals surface area contributed by atoms with Crippen LogP contribution in [0.1, 0.15) is 61.4 Å². The van der Waals surface area contributed by atoms with E-state index in [1.807, 2.05) is 0 Å². The highest BCUT2D eigenvalue weighted by Gasteiger charge is 2.51. The molecule has 0 aliphatic carbocycles. The van der Waals surface area contributed by atoms with Gasteiger partial charge in [0.1, 0.15) is 5.75 Å². The first-order valence-corrected chi connectivity index (χ1v) is 10.9. The van der Waals surface area contributed by atoms with Crippen LogP contribution in [0.25, 0.3) is 0 Å². The number of aryl methyl sites for hydroxylation is 2. The Labute approximate surface area is 174 Å². The molecule has 1 saturated heterocycles. The van der Waals surface area contributed by atoms with Gasteiger partial charge in [-0.15, -0.1) is 0 Å². The number of ether oxygens (including phenoxy) is 1. The highest BCUT2D eigenvalue weighted by atomic mass is 16.5. The van der Waals surface area contributed by atoms with Gasteiger partial charge in [-0.1, -0.05) is 47.5 Å². The van der Waals surface area contributed by atoms with Gasteiger partial charge in [0.15, 0.2) is 0 Å². The molecule has 4 heteroatoms. The Hall–Kier alpha value is -2.33. The first kappa shape index (κ1) is 18.7. The third-order valence-corrected chi connectivity index (χ3v) is 6.85. The van der Waals surface area contributed by atoms with Crippen molar-refractivity contribution in [2.75, 3.05) is 13.1 Å². The fraction of sp³-hybridized carbons (Fsp3) is 0.480. The highest BCUT2D eigenvalue weighted by molar-refractivity contribution is 6.02. The van der Waals surface area contributed by atoms with Gasteiger partial charge in [0.05, 0.1) is 11.8 Å². The molecule has 3 heterocycles. The predicted molar refractivity (Wildman–Crippen MR) is 117 cm³/mol. The monoisotopic (exact) mass is 389 g/mol. The SMILES string of the molecule is Cc1ccc(C2=NN3[C@@H](C2)c2cc(C)ccc2OC32CCN(C(C)C)CC2)cc1. The molecule has 1 atom stereocenters. The molecule has 0 unspecified atom stereocenters. The summed E-state index contributed by atoms with van der Waals surface area (Å²) in [5, 5.41) is 7.51. The van der Waals surface area contributed by atoms with Crippen LogP contribution in [0.4, 0.5) is 0 Å². The van der Waals surface area contributed by atoms with Crippen molar-refractivity contribution >= 4 is 5.71 Å². The van der Waals surface area contributed by atoms with Crippen LogP contribution in [-0.2, 0) is 0 Å². The Balaban J connectivity index is 1.54. The lowest BCUT2D eigenvalue weighted by atomic mass is 9.89. The van der Waals surface area contributed by atoms with E-state index >= 15 is 0 Å². The van der Waals surface area contributed by atoms with Crippen LogP contribution >= 0.6 is 0 Å². The summed E-state index contributed by atoms with van der Waals surface area (Å²) in [4.78, 5) is 2.55. The minimum atomic E-state index is -0.329. The molecule has 0 bridgehead atoms. The van der Waals surface area contributed by atoms with Gasteiger partial charge in [-0.2, -0.15) is 5.10 Å². The van der Waals surface area contributed by atoms with Crippen molar-refractivity contribution < 1.29 is 4.74 Å². The van der Waals surface area contributed by atoms with Crippen molar-refractivity contribution in [3.05, 3.63) is 64.7 Å². The number of hydrogen-bond donors (Lipinski definition) is 0. The van der Waals surface area contributed by atoms with Gasteiger partial charge >= 0.3 is 0 Å². The number of hydrogen-bond acceptors (Lipinski definition) is 4. The molecule has 0 aromatic heterocycles. The van der Waals surface area contributed by atoms with Gasteiger partial charge in [0, 0.05) is 44.0 Å². The zero-order chi connectivity index (χ0) is 20.2. The van der Waals surface area contributed by atoms with Crippen LogP contribution in [-0.4, -0.2) is 40.5 Å². The molecule has 2 aromatic carbocycles. The zero-order valence-corrected chi connectivity index (χ0v) is 18.0. The Morgan fingerprint density at radius 1 is 1.00 bits per heavy atom. The van der Waals surface area contributed by atoms with E-state index in [9.17, 15) is 0 Å². The summed E-state index contributed by atoms with van der Waals surface area (Å²) in [5.74, 6) is 1.05. The lowest BCUT2D eigenvalue weighted by Gasteiger charge is -2.51. The van der Waals surface area contributed by atoms with E-state index in [2.05, 4.69) is 80.1 Å². The average Bonchev–Trinajstić information content (AvgIpc) is 3.16. The van der Waals surface area contributed by atoms with Gasteiger partial charge < -0.3 is 9.64 Å². The predicted octanol–water partition coefficient (Wildman–Crippen LogP) is 5.05. The molecular formula is C25H31N3O. The summed E-state index contributed by atoms with van der Waals surface area (Å²) in [5.41, 5.74) is 5.93. The second-order valence-electron chi connectivity index (χ2n) is 9.20. The fourth-order valence-electron chi connectivity index (χ4n) is 5.04. The minimum Gasteiger partial charge on any atom is -0.466 e. The molecule has 0 N–H and O–H groups in total. The molecule has 1 fully saturated rings. The molecule has 29 heavy (non-hydrogen) atoms. The van der Waals surface area contributed by atoms with Crippen LogP contribution in [0.5, 0.6) is 5.75 Å². The first-order chi connectivity index (χ1) is 13.9. The van der Waals surface area contributed by atoms with Crippen molar-refractivity contribution in [3.63, 3.8) is 0 Å². The van der Waals surface area contributed by atoms with E-state index in [1.165, 1.54) is 28.0 Å². The number of likely N-dealkylation sites (tertiary alicyclic amines) is 1. The Bertz CT molecular complexity index is 939. The summed E-state index contributed by atoms with van der Waals surface area (Å²) >= 11 is 0. The maximum absolute atomic E-state index is 6.75. The Morgan fingerprint density at radius 3 is 2.38 bits per heavy atom. The van der Waals surface area contributed by atoms with Crippen LogP contribution in [0.15, 0.2) is 47.6 Å². The number of benzene rings is 2. The van der Waals surface area contributed by atoms with Gasteiger partial charge in [-0.3, -0.25) is 0 Å². The molecule has 1 spiro atoms. The van der Waals surface area contributed by atoms with Gasteiger partial charge in [-0.05, 0) is 39.3 Å². The Kier molecular flexibility index (Phi) is 4.43. The normalized spacial score (nSPS) is 23.0. The van der Waals surface area contributed by atoms with E-state index in [-0.39, 0.29) is 11.8 Å². The third kappa shape index (κ3) is 3.14. The van der Waals surface area contributed by atoms with E-state index in [0.29, 0.717) is 6.04 Å². The van der Waals surface area contributed by atoms with Crippen LogP contribution < -0.4 is 4.74 Å². The lowest BCUT2D eigenvalue weighted by Crippen LogP contribution is -2.59. The zero-order valence-electron chi connectivity index (χ0n) is 18.0. The molecule has 0 amide bonds. The largest absolute Gasteiger partial charge is 0.466 e. The molecule has 152 valence electrons. The highest BCUT2D eigenvalue weighted by Crippen LogP contribution is 2.50. The van der Waals surface area contributed by atoms with E-state index in [4.69, 9.17) is 9.84 Å². The maximum Gasteiger partial charge on any atom is 0.200 e. The van der Waals surface area contributed by atoms with Gasteiger partial charge in [-0.25, -0.2) is 5.01 Å². The summed E-state index contributed by atoms with van der Waals surface area (Å²) in [6.45, 7) is 11.0. The number of rotatable bonds is 2. The van der Waals surface area contributed by atoms with Crippen molar-refractivity contribution in [2.45, 2.75) is 64.8 Å². The van der Waals surface area contributed by atoms with Gasteiger partial charge in [0.2, 0.25) is 5.72 Å². The van der Waals surface area contributed by atoms with E-state index < -0.39 is 0 Å². The minimum absolute atomic E-state index is 0.264. The molecular weight excluding hydrogens is 358 g/mol. The van der Waals surface area contributed by atoms with Gasteiger partial charge in [0.25, 0.3) is 0 Å². The lowest BCUT2D eigenvalue weighted by molar-refractivity contribution is -0.152. The number of nitrogens with zero attached hydrogens (tertiary/aromatic N) is 3. The second-order valence-corrected chi connectivity index (χ2v) is 9.20. The van der Waals surface area contributed by atoms with Crippen LogP contribution in [0, 0.1) is 13.8 Å². The fourth-order valence-corrected chi connectivity index (χ4v) is 5.04. The molecule has 2 aromatic rings. The van der Waals surface area contributed by atoms with Crippen molar-refractivity contribution in [2.24, 2.45) is 5.10 Å². The van der Waals surface area contributed by atoms with Crippen molar-refractivity contribution in [1.82, 2.24) is 9.91 Å². The first-order valence-electron chi connectivity index (χ1n) is 10.9. The molecule has 4 nitrogen and oxygen atoms in total. The topological polar surface area (TPSA) is 28.1 Å². The van der Waals surface area contributed by atoms with Crippen molar-refractivity contribution in [1.29, 1.82) is 0 Å². The quantitative estimate of drug-likeness (QED) is 0.720. The molecule has 0 saturated carbocycles. The summed E-state index contributed by atoms with van der Waals surface area (Å²) in [6.07, 6.45) is 2.91. The number of piperidine rings is 1. The number of fused-ring (bicyclic) bond motifs is 4. The summed E-state index contributed by atoms with van der Waals surface area (Å²) in [6, 6.07) is 16.2. The van der Waals surface area contributed by atoms with E-state index in [0.717, 1.165) is 38.1 Å². The van der Waals surface area contributed by atoms with Crippen molar-refractivity contribution in [3.8, 4) is 5.75 Å². The summed E-state index contributed by atoms with van der Waals surface area (Å²) < 4.78 is 6.75. The van der Waals surface area contributed by atoms with E-state index in [1.54, 1.807) is 0 Å². The second kappa shape index (κ2) is 6.88. The van der Waals surface area contributed by atoms with Crippen LogP contribution in [0.2, 0.25) is 0 Å². The maximum atomic E-state index is 6.75. The van der Waals surface area contributed by atoms with Crippen LogP contribution in [0.3, 0.4) is 0 Å². The average molecular weight is 390 g/mol. The summed E-state index contributed by atoms with van der Waals surface area (Å²) in [7, 11) is 0. The standard InChI is InChI=1S/C25H31N3O/c1-17(2)27-13-11-25(12-14-27)28-23(21-15-19(4)7-10-24(21)29-25)16-22(26-28)20-8-5-18(3)6-9-20/h5-10,15,17,23H,11-14,16H2,1-4H3/t23-/m0/s1.